The number of rotatable bonds is 8. The lowest BCUT2D eigenvalue weighted by molar-refractivity contribution is 0.0543. The largest absolute Gasteiger partial charge is 0.491 e. The van der Waals surface area contributed by atoms with Gasteiger partial charge in [-0.05, 0) is 18.6 Å². The van der Waals surface area contributed by atoms with Gasteiger partial charge in [0, 0.05) is 12.7 Å². The molecule has 19 heavy (non-hydrogen) atoms. The highest BCUT2D eigenvalue weighted by atomic mass is 16.5. The number of nitrogens with two attached hydrogens (primary N) is 1. The summed E-state index contributed by atoms with van der Waals surface area (Å²) in [6.45, 7) is 3.96. The molecule has 1 aromatic carbocycles. The van der Waals surface area contributed by atoms with Crippen LogP contribution in [0.5, 0.6) is 5.75 Å². The van der Waals surface area contributed by atoms with Gasteiger partial charge >= 0.3 is 0 Å². The van der Waals surface area contributed by atoms with Crippen molar-refractivity contribution < 1.29 is 19.4 Å². The Hall–Kier alpha value is -1.79. The molecule has 0 radical (unpaired) electrons. The van der Waals surface area contributed by atoms with Crippen LogP contribution in [-0.4, -0.2) is 44.6 Å². The lowest BCUT2D eigenvalue weighted by Crippen LogP contribution is -2.14. The van der Waals surface area contributed by atoms with Crippen LogP contribution in [0.3, 0.4) is 0 Å². The third-order valence-corrected chi connectivity index (χ3v) is 2.51. The normalized spacial score (nSPS) is 11.6. The van der Waals surface area contributed by atoms with Crippen molar-refractivity contribution in [2.75, 3.05) is 33.5 Å². The lowest BCUT2D eigenvalue weighted by atomic mass is 10.1. The third kappa shape index (κ3) is 5.15. The van der Waals surface area contributed by atoms with E-state index >= 15 is 0 Å². The number of benzene rings is 1. The molecule has 0 amide bonds. The summed E-state index contributed by atoms with van der Waals surface area (Å²) in [5.41, 5.74) is 7.12. The summed E-state index contributed by atoms with van der Waals surface area (Å²) in [7, 11) is 1.63. The van der Waals surface area contributed by atoms with Crippen LogP contribution >= 0.6 is 0 Å². The van der Waals surface area contributed by atoms with Gasteiger partial charge in [-0.3, -0.25) is 0 Å². The first-order valence-corrected chi connectivity index (χ1v) is 5.97. The minimum absolute atomic E-state index is 0.0567. The van der Waals surface area contributed by atoms with Gasteiger partial charge in [0.25, 0.3) is 0 Å². The van der Waals surface area contributed by atoms with E-state index in [-0.39, 0.29) is 5.84 Å². The van der Waals surface area contributed by atoms with E-state index in [4.69, 9.17) is 25.2 Å². The SMILES string of the molecule is COCCOCCOc1cc(/C(N)=N/O)ccc1C. The average Bonchev–Trinajstić information content (AvgIpc) is 2.43. The van der Waals surface area contributed by atoms with Crippen molar-refractivity contribution in [1.82, 2.24) is 0 Å². The fraction of sp³-hybridized carbons (Fsp3) is 0.462. The quantitative estimate of drug-likeness (QED) is 0.243. The highest BCUT2D eigenvalue weighted by molar-refractivity contribution is 5.97. The van der Waals surface area contributed by atoms with Crippen LogP contribution in [0.15, 0.2) is 23.4 Å². The molecule has 0 spiro atoms. The first-order valence-electron chi connectivity index (χ1n) is 5.97. The van der Waals surface area contributed by atoms with Gasteiger partial charge in [0.05, 0.1) is 19.8 Å². The topological polar surface area (TPSA) is 86.3 Å². The van der Waals surface area contributed by atoms with E-state index in [0.717, 1.165) is 5.56 Å². The molecule has 0 fully saturated rings. The van der Waals surface area contributed by atoms with E-state index in [2.05, 4.69) is 5.16 Å². The van der Waals surface area contributed by atoms with Crippen molar-refractivity contribution in [3.8, 4) is 5.75 Å². The smallest absolute Gasteiger partial charge is 0.170 e. The van der Waals surface area contributed by atoms with E-state index in [1.807, 2.05) is 13.0 Å². The number of amidine groups is 1. The molecule has 0 saturated carbocycles. The number of hydrogen-bond donors (Lipinski definition) is 2. The number of ether oxygens (including phenoxy) is 3. The van der Waals surface area contributed by atoms with Gasteiger partial charge < -0.3 is 25.2 Å². The summed E-state index contributed by atoms with van der Waals surface area (Å²) in [5, 5.41) is 11.6. The molecule has 0 bridgehead atoms. The average molecular weight is 268 g/mol. The molecule has 3 N–H and O–H groups in total. The molecule has 6 heteroatoms. The molecule has 0 aliphatic rings. The number of nitrogens with zero attached hydrogens (tertiary/aromatic N) is 1. The summed E-state index contributed by atoms with van der Waals surface area (Å²) >= 11 is 0. The maximum absolute atomic E-state index is 8.64. The van der Waals surface area contributed by atoms with Crippen LogP contribution in [0.2, 0.25) is 0 Å². The van der Waals surface area contributed by atoms with Gasteiger partial charge in [0.1, 0.15) is 12.4 Å². The number of oxime groups is 1. The molecule has 0 heterocycles. The molecule has 1 rings (SSSR count). The predicted octanol–water partition coefficient (Wildman–Crippen LogP) is 1.13. The molecule has 0 aliphatic carbocycles. The third-order valence-electron chi connectivity index (χ3n) is 2.51. The van der Waals surface area contributed by atoms with Crippen molar-refractivity contribution >= 4 is 5.84 Å². The highest BCUT2D eigenvalue weighted by Crippen LogP contribution is 2.19. The maximum atomic E-state index is 8.64. The van der Waals surface area contributed by atoms with E-state index in [1.165, 1.54) is 0 Å². The first-order chi connectivity index (χ1) is 9.19. The Morgan fingerprint density at radius 1 is 1.26 bits per heavy atom. The Bertz CT molecular complexity index is 421. The van der Waals surface area contributed by atoms with Gasteiger partial charge in [0.2, 0.25) is 0 Å². The van der Waals surface area contributed by atoms with E-state index in [0.29, 0.717) is 37.7 Å². The van der Waals surface area contributed by atoms with Crippen molar-refractivity contribution in [3.63, 3.8) is 0 Å². The highest BCUT2D eigenvalue weighted by Gasteiger charge is 2.05. The minimum atomic E-state index is 0.0567. The standard InChI is InChI=1S/C13H20N2O4/c1-10-3-4-11(13(14)15-16)9-12(10)19-8-7-18-6-5-17-2/h3-4,9,16H,5-8H2,1-2H3,(H2,14,15). The summed E-state index contributed by atoms with van der Waals surface area (Å²) in [4.78, 5) is 0. The summed E-state index contributed by atoms with van der Waals surface area (Å²) in [5.74, 6) is 0.751. The summed E-state index contributed by atoms with van der Waals surface area (Å²) in [6.07, 6.45) is 0. The second kappa shape index (κ2) is 8.34. The lowest BCUT2D eigenvalue weighted by Gasteiger charge is -2.11. The van der Waals surface area contributed by atoms with Crippen molar-refractivity contribution in [2.45, 2.75) is 6.92 Å². The Labute approximate surface area is 112 Å². The number of aryl methyl sites for hydroxylation is 1. The molecule has 0 unspecified atom stereocenters. The molecule has 0 aromatic heterocycles. The van der Waals surface area contributed by atoms with E-state index in [9.17, 15) is 0 Å². The van der Waals surface area contributed by atoms with E-state index in [1.54, 1.807) is 19.2 Å². The molecule has 106 valence electrons. The molecule has 0 aliphatic heterocycles. The summed E-state index contributed by atoms with van der Waals surface area (Å²) < 4.78 is 15.8. The van der Waals surface area contributed by atoms with Crippen LogP contribution in [0.25, 0.3) is 0 Å². The monoisotopic (exact) mass is 268 g/mol. The second-order valence-electron chi connectivity index (χ2n) is 3.92. The Morgan fingerprint density at radius 3 is 2.68 bits per heavy atom. The zero-order chi connectivity index (χ0) is 14.1. The van der Waals surface area contributed by atoms with Crippen LogP contribution in [0.1, 0.15) is 11.1 Å². The fourth-order valence-corrected chi connectivity index (χ4v) is 1.43. The van der Waals surface area contributed by atoms with Gasteiger partial charge in [-0.15, -0.1) is 0 Å². The second-order valence-corrected chi connectivity index (χ2v) is 3.92. The van der Waals surface area contributed by atoms with Crippen molar-refractivity contribution in [1.29, 1.82) is 0 Å². The van der Waals surface area contributed by atoms with Gasteiger partial charge in [-0.2, -0.15) is 0 Å². The molecular weight excluding hydrogens is 248 g/mol. The van der Waals surface area contributed by atoms with Crippen LogP contribution < -0.4 is 10.5 Å². The minimum Gasteiger partial charge on any atom is -0.491 e. The zero-order valence-electron chi connectivity index (χ0n) is 11.3. The van der Waals surface area contributed by atoms with Crippen LogP contribution in [-0.2, 0) is 9.47 Å². The number of hydrogen-bond acceptors (Lipinski definition) is 5. The molecule has 0 saturated heterocycles. The first kappa shape index (κ1) is 15.3. The Balaban J connectivity index is 2.48. The zero-order valence-corrected chi connectivity index (χ0v) is 11.3. The Morgan fingerprint density at radius 2 is 2.00 bits per heavy atom. The van der Waals surface area contributed by atoms with Crippen molar-refractivity contribution in [2.24, 2.45) is 10.9 Å². The maximum Gasteiger partial charge on any atom is 0.170 e. The van der Waals surface area contributed by atoms with Gasteiger partial charge in [-0.1, -0.05) is 17.3 Å². The van der Waals surface area contributed by atoms with Gasteiger partial charge in [-0.25, -0.2) is 0 Å². The number of methoxy groups -OCH3 is 1. The molecule has 1 aromatic rings. The van der Waals surface area contributed by atoms with Crippen LogP contribution in [0, 0.1) is 6.92 Å². The fourth-order valence-electron chi connectivity index (χ4n) is 1.43. The molecule has 6 nitrogen and oxygen atoms in total. The van der Waals surface area contributed by atoms with E-state index < -0.39 is 0 Å². The molecular formula is C13H20N2O4. The summed E-state index contributed by atoms with van der Waals surface area (Å²) in [6, 6.07) is 5.36. The van der Waals surface area contributed by atoms with Gasteiger partial charge in [0.15, 0.2) is 5.84 Å². The van der Waals surface area contributed by atoms with Crippen LogP contribution in [0.4, 0.5) is 0 Å². The predicted molar refractivity (Wildman–Crippen MR) is 71.9 cm³/mol. The Kier molecular flexibility index (Phi) is 6.70. The van der Waals surface area contributed by atoms with Crippen molar-refractivity contribution in [3.05, 3.63) is 29.3 Å². The molecule has 0 atom stereocenters.